The number of hydrogen-bond acceptors (Lipinski definition) is 4. The largest absolute Gasteiger partial charge is 0.487 e. The summed E-state index contributed by atoms with van der Waals surface area (Å²) in [5, 5.41) is 11.8. The van der Waals surface area contributed by atoms with Crippen molar-refractivity contribution in [1.82, 2.24) is 9.38 Å². The van der Waals surface area contributed by atoms with E-state index in [1.54, 1.807) is 48.5 Å². The first kappa shape index (κ1) is 18.3. The lowest BCUT2D eigenvalue weighted by atomic mass is 10.1. The van der Waals surface area contributed by atoms with Crippen LogP contribution in [-0.4, -0.2) is 15.3 Å². The summed E-state index contributed by atoms with van der Waals surface area (Å²) in [6, 6.07) is 19.8. The molecule has 4 aromatic rings. The molecule has 2 heterocycles. The molecule has 142 valence electrons. The fourth-order valence-electron chi connectivity index (χ4n) is 2.98. The topological polar surface area (TPSA) is 79.4 Å². The number of aromatic nitrogens is 2. The molecule has 0 spiro atoms. The number of amides is 1. The Morgan fingerprint density at radius 1 is 1.14 bits per heavy atom. The molecule has 0 fully saturated rings. The second kappa shape index (κ2) is 7.87. The molecule has 1 N–H and O–H groups in total. The highest BCUT2D eigenvalue weighted by Gasteiger charge is 2.09. The van der Waals surface area contributed by atoms with E-state index in [1.165, 1.54) is 0 Å². The Morgan fingerprint density at radius 2 is 2.00 bits per heavy atom. The van der Waals surface area contributed by atoms with Gasteiger partial charge in [-0.1, -0.05) is 18.2 Å². The van der Waals surface area contributed by atoms with Crippen LogP contribution < -0.4 is 10.1 Å². The molecule has 2 aromatic heterocycles. The Labute approximate surface area is 168 Å². The number of rotatable bonds is 5. The molecule has 0 radical (unpaired) electrons. The number of nitrogens with zero attached hydrogens (tertiary/aromatic N) is 3. The van der Waals surface area contributed by atoms with Crippen LogP contribution >= 0.6 is 0 Å². The van der Waals surface area contributed by atoms with Gasteiger partial charge < -0.3 is 14.5 Å². The van der Waals surface area contributed by atoms with Crippen LogP contribution in [0.2, 0.25) is 0 Å². The number of nitrogens with one attached hydrogen (secondary N) is 1. The molecular weight excluding hydrogens is 364 g/mol. The van der Waals surface area contributed by atoms with Gasteiger partial charge in [0.25, 0.3) is 5.91 Å². The Morgan fingerprint density at radius 3 is 2.86 bits per heavy atom. The molecule has 29 heavy (non-hydrogen) atoms. The number of benzene rings is 2. The average molecular weight is 382 g/mol. The number of aryl methyl sites for hydroxylation is 1. The molecule has 2 aromatic carbocycles. The third kappa shape index (κ3) is 4.25. The van der Waals surface area contributed by atoms with Crippen LogP contribution in [0.4, 0.5) is 5.69 Å². The van der Waals surface area contributed by atoms with Gasteiger partial charge in [0.05, 0.1) is 17.3 Å². The van der Waals surface area contributed by atoms with E-state index in [0.29, 0.717) is 29.2 Å². The van der Waals surface area contributed by atoms with Crippen molar-refractivity contribution in [2.75, 3.05) is 5.32 Å². The lowest BCUT2D eigenvalue weighted by Crippen LogP contribution is -2.12. The van der Waals surface area contributed by atoms with Crippen molar-refractivity contribution in [2.24, 2.45) is 0 Å². The summed E-state index contributed by atoms with van der Waals surface area (Å²) in [5.74, 6) is 0.311. The first-order valence-corrected chi connectivity index (χ1v) is 9.09. The molecular formula is C23H18N4O2. The average Bonchev–Trinajstić information content (AvgIpc) is 3.14. The normalized spacial score (nSPS) is 10.5. The number of fused-ring (bicyclic) bond motifs is 1. The molecule has 0 aliphatic carbocycles. The Bertz CT molecular complexity index is 1240. The monoisotopic (exact) mass is 382 g/mol. The molecule has 0 bridgehead atoms. The first-order chi connectivity index (χ1) is 14.1. The van der Waals surface area contributed by atoms with Crippen molar-refractivity contribution in [2.45, 2.75) is 13.5 Å². The number of ether oxygens (including phenoxy) is 1. The van der Waals surface area contributed by atoms with Crippen LogP contribution in [0.1, 0.15) is 27.2 Å². The molecule has 0 aliphatic heterocycles. The second-order valence-corrected chi connectivity index (χ2v) is 6.67. The smallest absolute Gasteiger partial charge is 0.255 e. The van der Waals surface area contributed by atoms with Gasteiger partial charge in [-0.05, 0) is 55.0 Å². The van der Waals surface area contributed by atoms with Gasteiger partial charge in [-0.2, -0.15) is 5.26 Å². The van der Waals surface area contributed by atoms with Crippen LogP contribution in [0, 0.1) is 18.3 Å². The van der Waals surface area contributed by atoms with E-state index in [1.807, 2.05) is 35.9 Å². The summed E-state index contributed by atoms with van der Waals surface area (Å²) < 4.78 is 7.80. The lowest BCUT2D eigenvalue weighted by molar-refractivity contribution is 0.102. The highest BCUT2D eigenvalue weighted by Crippen LogP contribution is 2.18. The van der Waals surface area contributed by atoms with E-state index in [4.69, 9.17) is 10.00 Å². The van der Waals surface area contributed by atoms with E-state index in [-0.39, 0.29) is 5.91 Å². The second-order valence-electron chi connectivity index (χ2n) is 6.67. The third-order valence-corrected chi connectivity index (χ3v) is 4.38. The van der Waals surface area contributed by atoms with E-state index >= 15 is 0 Å². The fraction of sp³-hybridized carbons (Fsp3) is 0.0870. The predicted molar refractivity (Wildman–Crippen MR) is 110 cm³/mol. The third-order valence-electron chi connectivity index (χ3n) is 4.38. The molecule has 0 saturated heterocycles. The van der Waals surface area contributed by atoms with Crippen molar-refractivity contribution < 1.29 is 9.53 Å². The van der Waals surface area contributed by atoms with Crippen LogP contribution in [0.3, 0.4) is 0 Å². The number of anilines is 1. The van der Waals surface area contributed by atoms with Gasteiger partial charge in [-0.25, -0.2) is 4.98 Å². The minimum Gasteiger partial charge on any atom is -0.487 e. The number of nitriles is 1. The maximum Gasteiger partial charge on any atom is 0.255 e. The molecule has 0 atom stereocenters. The Balaban J connectivity index is 1.44. The van der Waals surface area contributed by atoms with Gasteiger partial charge in [0.15, 0.2) is 0 Å². The minimum absolute atomic E-state index is 0.270. The first-order valence-electron chi connectivity index (χ1n) is 9.09. The van der Waals surface area contributed by atoms with E-state index in [0.717, 1.165) is 16.9 Å². The summed E-state index contributed by atoms with van der Waals surface area (Å²) in [6.07, 6.45) is 3.94. The maximum absolute atomic E-state index is 12.5. The highest BCUT2D eigenvalue weighted by molar-refractivity contribution is 6.04. The zero-order chi connectivity index (χ0) is 20.2. The van der Waals surface area contributed by atoms with E-state index in [9.17, 15) is 4.79 Å². The lowest BCUT2D eigenvalue weighted by Gasteiger charge is -2.08. The summed E-state index contributed by atoms with van der Waals surface area (Å²) >= 11 is 0. The summed E-state index contributed by atoms with van der Waals surface area (Å²) in [6.45, 7) is 2.33. The van der Waals surface area contributed by atoms with Gasteiger partial charge in [-0.15, -0.1) is 0 Å². The quantitative estimate of drug-likeness (QED) is 0.557. The number of imidazole rings is 1. The van der Waals surface area contributed by atoms with Crippen molar-refractivity contribution in [3.05, 3.63) is 95.4 Å². The van der Waals surface area contributed by atoms with Gasteiger partial charge in [-0.3, -0.25) is 4.79 Å². The molecule has 4 rings (SSSR count). The van der Waals surface area contributed by atoms with Gasteiger partial charge >= 0.3 is 0 Å². The van der Waals surface area contributed by atoms with E-state index in [2.05, 4.69) is 16.4 Å². The summed E-state index contributed by atoms with van der Waals surface area (Å²) in [4.78, 5) is 17.1. The fourth-order valence-corrected chi connectivity index (χ4v) is 2.98. The van der Waals surface area contributed by atoms with E-state index < -0.39 is 0 Å². The summed E-state index contributed by atoms with van der Waals surface area (Å²) in [5.41, 5.74) is 4.35. The molecule has 6 nitrogen and oxygen atoms in total. The van der Waals surface area contributed by atoms with Gasteiger partial charge in [0, 0.05) is 23.6 Å². The zero-order valence-corrected chi connectivity index (χ0v) is 15.8. The van der Waals surface area contributed by atoms with Gasteiger partial charge in [0.2, 0.25) is 0 Å². The number of hydrogen-bond donors (Lipinski definition) is 1. The number of carbonyl (C=O) groups is 1. The number of carbonyl (C=O) groups excluding carboxylic acids is 1. The van der Waals surface area contributed by atoms with Crippen LogP contribution in [-0.2, 0) is 6.61 Å². The van der Waals surface area contributed by atoms with Crippen LogP contribution in [0.15, 0.2) is 73.1 Å². The highest BCUT2D eigenvalue weighted by atomic mass is 16.5. The predicted octanol–water partition coefficient (Wildman–Crippen LogP) is 4.35. The molecule has 1 amide bonds. The minimum atomic E-state index is -0.270. The van der Waals surface area contributed by atoms with Crippen molar-refractivity contribution in [3.63, 3.8) is 0 Å². The van der Waals surface area contributed by atoms with Crippen molar-refractivity contribution in [1.29, 1.82) is 5.26 Å². The van der Waals surface area contributed by atoms with Gasteiger partial charge in [0.1, 0.15) is 18.0 Å². The number of pyridine rings is 1. The molecule has 0 saturated carbocycles. The standard InChI is InChI=1S/C23H18N4O2/c1-16-8-9-22-25-20(14-27(22)13-16)15-29-21-7-3-5-18(11-21)23(28)26-19-6-2-4-17(10-19)12-24/h2-11,13-14H,15H2,1H3,(H,26,28). The van der Waals surface area contributed by atoms with Crippen molar-refractivity contribution in [3.8, 4) is 11.8 Å². The Kier molecular flexibility index (Phi) is 4.95. The van der Waals surface area contributed by atoms with Crippen LogP contribution in [0.25, 0.3) is 5.65 Å². The molecule has 6 heteroatoms. The molecule has 0 unspecified atom stereocenters. The van der Waals surface area contributed by atoms with Crippen LogP contribution in [0.5, 0.6) is 5.75 Å². The Hall–Kier alpha value is -4.11. The summed E-state index contributed by atoms with van der Waals surface area (Å²) in [7, 11) is 0. The maximum atomic E-state index is 12.5. The molecule has 0 aliphatic rings. The zero-order valence-electron chi connectivity index (χ0n) is 15.8. The SMILES string of the molecule is Cc1ccc2nc(COc3cccc(C(=O)Nc4cccc(C#N)c4)c3)cn2c1. The van der Waals surface area contributed by atoms with Crippen molar-refractivity contribution >= 4 is 17.2 Å².